The SMILES string of the molecule is COc1ccc(C(=O)/C=C/c2cc(-c3cc(C)cc(C)c3)ccc2OCC[N+](C)(C)C)c(Cl)c1. The van der Waals surface area contributed by atoms with Gasteiger partial charge in [-0.25, -0.2) is 0 Å². The molecule has 178 valence electrons. The van der Waals surface area contributed by atoms with Crippen LogP contribution >= 0.6 is 11.6 Å². The van der Waals surface area contributed by atoms with E-state index in [1.54, 1.807) is 37.5 Å². The van der Waals surface area contributed by atoms with Crippen LogP contribution < -0.4 is 9.47 Å². The number of halogens is 1. The maximum Gasteiger partial charge on any atom is 0.187 e. The van der Waals surface area contributed by atoms with Gasteiger partial charge in [0.15, 0.2) is 5.78 Å². The molecule has 0 saturated heterocycles. The average molecular weight is 479 g/mol. The molecule has 0 heterocycles. The third-order valence-electron chi connectivity index (χ3n) is 5.44. The Labute approximate surface area is 208 Å². The van der Waals surface area contributed by atoms with Crippen molar-refractivity contribution in [2.24, 2.45) is 0 Å². The van der Waals surface area contributed by atoms with Crippen LogP contribution in [-0.2, 0) is 0 Å². The van der Waals surface area contributed by atoms with Crippen LogP contribution in [0.15, 0.2) is 60.7 Å². The summed E-state index contributed by atoms with van der Waals surface area (Å²) in [5.41, 5.74) is 5.89. The van der Waals surface area contributed by atoms with E-state index in [2.05, 4.69) is 65.3 Å². The molecule has 0 bridgehead atoms. The Bertz CT molecular complexity index is 1190. The number of allylic oxidation sites excluding steroid dienone is 1. The predicted molar refractivity (Wildman–Crippen MR) is 141 cm³/mol. The summed E-state index contributed by atoms with van der Waals surface area (Å²) in [6, 6.07) is 17.6. The van der Waals surface area contributed by atoms with Gasteiger partial charge in [0.05, 0.1) is 33.3 Å². The summed E-state index contributed by atoms with van der Waals surface area (Å²) >= 11 is 6.30. The van der Waals surface area contributed by atoms with Crippen LogP contribution in [0.2, 0.25) is 5.02 Å². The summed E-state index contributed by atoms with van der Waals surface area (Å²) in [5.74, 6) is 1.17. The first kappa shape index (κ1) is 25.5. The number of aryl methyl sites for hydroxylation is 2. The molecular weight excluding hydrogens is 446 g/mol. The summed E-state index contributed by atoms with van der Waals surface area (Å²) in [4.78, 5) is 12.9. The Balaban J connectivity index is 1.94. The summed E-state index contributed by atoms with van der Waals surface area (Å²) in [6.45, 7) is 5.63. The number of ketones is 1. The number of likely N-dealkylation sites (N-methyl/N-ethyl adjacent to an activating group) is 1. The molecule has 0 radical (unpaired) electrons. The lowest BCUT2D eigenvalue weighted by molar-refractivity contribution is -0.870. The number of quaternary nitrogens is 1. The number of methoxy groups -OCH3 is 1. The third-order valence-corrected chi connectivity index (χ3v) is 5.75. The van der Waals surface area contributed by atoms with E-state index in [1.807, 2.05) is 6.07 Å². The highest BCUT2D eigenvalue weighted by atomic mass is 35.5. The van der Waals surface area contributed by atoms with Crippen molar-refractivity contribution in [1.29, 1.82) is 0 Å². The van der Waals surface area contributed by atoms with E-state index in [9.17, 15) is 4.79 Å². The van der Waals surface area contributed by atoms with E-state index in [0.29, 0.717) is 22.9 Å². The second kappa shape index (κ2) is 10.9. The Hall–Kier alpha value is -3.08. The number of hydrogen-bond acceptors (Lipinski definition) is 3. The molecule has 3 aromatic rings. The van der Waals surface area contributed by atoms with E-state index in [-0.39, 0.29) is 5.78 Å². The average Bonchev–Trinajstić information content (AvgIpc) is 2.76. The minimum atomic E-state index is -0.179. The lowest BCUT2D eigenvalue weighted by Gasteiger charge is -2.24. The first-order chi connectivity index (χ1) is 16.1. The minimum Gasteiger partial charge on any atom is -0.497 e. The molecule has 4 nitrogen and oxygen atoms in total. The molecule has 3 aromatic carbocycles. The van der Waals surface area contributed by atoms with E-state index in [4.69, 9.17) is 21.1 Å². The zero-order valence-corrected chi connectivity index (χ0v) is 21.6. The van der Waals surface area contributed by atoms with Gasteiger partial charge in [0.25, 0.3) is 0 Å². The van der Waals surface area contributed by atoms with Gasteiger partial charge in [-0.3, -0.25) is 4.79 Å². The van der Waals surface area contributed by atoms with Gasteiger partial charge in [0.1, 0.15) is 24.7 Å². The Morgan fingerprint density at radius 1 is 0.941 bits per heavy atom. The van der Waals surface area contributed by atoms with Gasteiger partial charge in [-0.15, -0.1) is 0 Å². The van der Waals surface area contributed by atoms with Gasteiger partial charge in [-0.05, 0) is 67.5 Å². The van der Waals surface area contributed by atoms with E-state index >= 15 is 0 Å². The topological polar surface area (TPSA) is 35.5 Å². The van der Waals surface area contributed by atoms with Crippen molar-refractivity contribution in [3.63, 3.8) is 0 Å². The van der Waals surface area contributed by atoms with Crippen LogP contribution in [0.5, 0.6) is 11.5 Å². The maximum absolute atomic E-state index is 12.9. The predicted octanol–water partition coefficient (Wildman–Crippen LogP) is 6.61. The smallest absolute Gasteiger partial charge is 0.187 e. The molecule has 0 aromatic heterocycles. The Kier molecular flexibility index (Phi) is 8.19. The number of ether oxygens (including phenoxy) is 2. The molecule has 3 rings (SSSR count). The minimum absolute atomic E-state index is 0.179. The molecule has 5 heteroatoms. The van der Waals surface area contributed by atoms with Crippen molar-refractivity contribution in [1.82, 2.24) is 0 Å². The number of carbonyl (C=O) groups excluding carboxylic acids is 1. The standard InChI is InChI=1S/C29H33ClNO3/c1-20-15-21(2)17-24(16-20)22-8-12-29(34-14-13-31(3,4)5)23(18-22)7-11-28(32)26-10-9-25(33-6)19-27(26)30/h7-12,15-19H,13-14H2,1-6H3/q+1/b11-7+. The molecule has 0 unspecified atom stereocenters. The van der Waals surface area contributed by atoms with Crippen LogP contribution in [0.25, 0.3) is 17.2 Å². The lowest BCUT2D eigenvalue weighted by Crippen LogP contribution is -2.38. The van der Waals surface area contributed by atoms with Crippen LogP contribution in [-0.4, -0.2) is 51.7 Å². The number of hydrogen-bond donors (Lipinski definition) is 0. The zero-order chi connectivity index (χ0) is 24.9. The van der Waals surface area contributed by atoms with Crippen molar-refractivity contribution in [2.45, 2.75) is 13.8 Å². The molecule has 0 N–H and O–H groups in total. The summed E-state index contributed by atoms with van der Waals surface area (Å²) in [5, 5.41) is 0.359. The van der Waals surface area contributed by atoms with Crippen molar-refractivity contribution in [2.75, 3.05) is 41.4 Å². The van der Waals surface area contributed by atoms with Crippen LogP contribution in [0.3, 0.4) is 0 Å². The van der Waals surface area contributed by atoms with Crippen LogP contribution in [0, 0.1) is 13.8 Å². The molecule has 0 aliphatic heterocycles. The van der Waals surface area contributed by atoms with Crippen molar-refractivity contribution >= 4 is 23.5 Å². The van der Waals surface area contributed by atoms with Crippen LogP contribution in [0.4, 0.5) is 0 Å². The van der Waals surface area contributed by atoms with Crippen molar-refractivity contribution in [3.05, 3.63) is 87.9 Å². The second-order valence-electron chi connectivity index (χ2n) is 9.53. The third kappa shape index (κ3) is 6.96. The fourth-order valence-corrected chi connectivity index (χ4v) is 3.90. The summed E-state index contributed by atoms with van der Waals surface area (Å²) in [7, 11) is 7.95. The lowest BCUT2D eigenvalue weighted by atomic mass is 9.98. The number of rotatable bonds is 9. The first-order valence-electron chi connectivity index (χ1n) is 11.3. The summed E-state index contributed by atoms with van der Waals surface area (Å²) < 4.78 is 12.1. The zero-order valence-electron chi connectivity index (χ0n) is 20.8. The van der Waals surface area contributed by atoms with Gasteiger partial charge in [0, 0.05) is 11.1 Å². The van der Waals surface area contributed by atoms with Crippen molar-refractivity contribution in [3.8, 4) is 22.6 Å². The Morgan fingerprint density at radius 3 is 2.26 bits per heavy atom. The Morgan fingerprint density at radius 2 is 1.65 bits per heavy atom. The monoisotopic (exact) mass is 478 g/mol. The van der Waals surface area contributed by atoms with E-state index < -0.39 is 0 Å². The van der Waals surface area contributed by atoms with Crippen LogP contribution in [0.1, 0.15) is 27.0 Å². The molecule has 0 amide bonds. The van der Waals surface area contributed by atoms with Gasteiger partial charge >= 0.3 is 0 Å². The van der Waals surface area contributed by atoms with Gasteiger partial charge in [0.2, 0.25) is 0 Å². The normalized spacial score (nSPS) is 11.6. The van der Waals surface area contributed by atoms with Gasteiger partial charge < -0.3 is 14.0 Å². The fraction of sp³-hybridized carbons (Fsp3) is 0.276. The molecule has 0 aliphatic rings. The summed E-state index contributed by atoms with van der Waals surface area (Å²) in [6.07, 6.45) is 3.34. The quantitative estimate of drug-likeness (QED) is 0.197. The highest BCUT2D eigenvalue weighted by molar-refractivity contribution is 6.34. The molecular formula is C29H33ClNO3+. The molecule has 0 aliphatic carbocycles. The molecule has 34 heavy (non-hydrogen) atoms. The van der Waals surface area contributed by atoms with E-state index in [1.165, 1.54) is 11.1 Å². The van der Waals surface area contributed by atoms with Gasteiger partial charge in [-0.2, -0.15) is 0 Å². The number of carbonyl (C=O) groups is 1. The first-order valence-corrected chi connectivity index (χ1v) is 11.7. The van der Waals surface area contributed by atoms with E-state index in [0.717, 1.165) is 33.5 Å². The molecule has 0 spiro atoms. The van der Waals surface area contributed by atoms with Gasteiger partial charge in [-0.1, -0.05) is 47.0 Å². The largest absolute Gasteiger partial charge is 0.497 e. The number of benzene rings is 3. The molecule has 0 saturated carbocycles. The number of nitrogens with zero attached hydrogens (tertiary/aromatic N) is 1. The highest BCUT2D eigenvalue weighted by Gasteiger charge is 2.12. The highest BCUT2D eigenvalue weighted by Crippen LogP contribution is 2.30. The fourth-order valence-electron chi connectivity index (χ4n) is 3.64. The maximum atomic E-state index is 12.9. The molecule has 0 atom stereocenters. The van der Waals surface area contributed by atoms with Crippen molar-refractivity contribution < 1.29 is 18.8 Å². The molecule has 0 fully saturated rings. The second-order valence-corrected chi connectivity index (χ2v) is 9.94.